The van der Waals surface area contributed by atoms with E-state index in [0.29, 0.717) is 10.1 Å². The SMILES string of the molecule is CCc1ccc(N=C2NC(=O)/C(=C\c3cccc4ccccc34)S2)cc1. The normalized spacial score (nSPS) is 17.2. The Balaban J connectivity index is 1.63. The largest absolute Gasteiger partial charge is 0.300 e. The number of nitrogens with one attached hydrogen (secondary N) is 1. The number of hydrogen-bond donors (Lipinski definition) is 1. The maximum atomic E-state index is 12.3. The number of thioether (sulfide) groups is 1. The van der Waals surface area contributed by atoms with Gasteiger partial charge in [0.2, 0.25) is 0 Å². The number of hydrogen-bond acceptors (Lipinski definition) is 3. The van der Waals surface area contributed by atoms with E-state index >= 15 is 0 Å². The van der Waals surface area contributed by atoms with Crippen molar-refractivity contribution >= 4 is 45.4 Å². The summed E-state index contributed by atoms with van der Waals surface area (Å²) in [4.78, 5) is 17.5. The first-order valence-corrected chi connectivity index (χ1v) is 9.41. The molecule has 0 aromatic heterocycles. The van der Waals surface area contributed by atoms with Gasteiger partial charge in [0.15, 0.2) is 5.17 Å². The number of rotatable bonds is 3. The highest BCUT2D eigenvalue weighted by Gasteiger charge is 2.24. The summed E-state index contributed by atoms with van der Waals surface area (Å²) in [7, 11) is 0. The van der Waals surface area contributed by atoms with Gasteiger partial charge in [-0.25, -0.2) is 4.99 Å². The smallest absolute Gasteiger partial charge is 0.264 e. The zero-order valence-corrected chi connectivity index (χ0v) is 15.2. The first kappa shape index (κ1) is 16.6. The zero-order chi connectivity index (χ0) is 17.9. The molecule has 0 radical (unpaired) electrons. The van der Waals surface area contributed by atoms with Crippen LogP contribution in [0.5, 0.6) is 0 Å². The molecule has 0 saturated carbocycles. The van der Waals surface area contributed by atoms with Crippen molar-refractivity contribution in [3.05, 3.63) is 82.8 Å². The number of amidine groups is 1. The first-order valence-electron chi connectivity index (χ1n) is 8.59. The fourth-order valence-electron chi connectivity index (χ4n) is 2.92. The van der Waals surface area contributed by atoms with E-state index in [4.69, 9.17) is 0 Å². The Kier molecular flexibility index (Phi) is 4.59. The molecule has 128 valence electrons. The van der Waals surface area contributed by atoms with E-state index in [0.717, 1.165) is 28.4 Å². The number of carbonyl (C=O) groups excluding carboxylic acids is 1. The standard InChI is InChI=1S/C22H18N2OS/c1-2-15-10-12-18(13-11-15)23-22-24-21(25)20(26-22)14-17-8-5-7-16-6-3-4-9-19(16)17/h3-14H,2H2,1H3,(H,23,24,25)/b20-14+. The van der Waals surface area contributed by atoms with Crippen molar-refractivity contribution in [2.24, 2.45) is 4.99 Å². The van der Waals surface area contributed by atoms with Crippen molar-refractivity contribution in [2.45, 2.75) is 13.3 Å². The number of fused-ring (bicyclic) bond motifs is 1. The Morgan fingerprint density at radius 1 is 1.00 bits per heavy atom. The fourth-order valence-corrected chi connectivity index (χ4v) is 3.75. The number of nitrogens with zero attached hydrogens (tertiary/aromatic N) is 1. The molecular weight excluding hydrogens is 340 g/mol. The van der Waals surface area contributed by atoms with E-state index < -0.39 is 0 Å². The van der Waals surface area contributed by atoms with Gasteiger partial charge in [-0.05, 0) is 58.3 Å². The highest BCUT2D eigenvalue weighted by Crippen LogP contribution is 2.30. The van der Waals surface area contributed by atoms with E-state index in [9.17, 15) is 4.79 Å². The van der Waals surface area contributed by atoms with Crippen LogP contribution in [0, 0.1) is 0 Å². The Morgan fingerprint density at radius 2 is 1.77 bits per heavy atom. The summed E-state index contributed by atoms with van der Waals surface area (Å²) < 4.78 is 0. The summed E-state index contributed by atoms with van der Waals surface area (Å²) in [5.74, 6) is -0.105. The summed E-state index contributed by atoms with van der Waals surface area (Å²) in [5, 5.41) is 5.77. The Labute approximate surface area is 156 Å². The summed E-state index contributed by atoms with van der Waals surface area (Å²) in [6.45, 7) is 2.12. The highest BCUT2D eigenvalue weighted by atomic mass is 32.2. The van der Waals surface area contributed by atoms with Crippen LogP contribution < -0.4 is 5.32 Å². The van der Waals surface area contributed by atoms with Crippen molar-refractivity contribution in [3.63, 3.8) is 0 Å². The quantitative estimate of drug-likeness (QED) is 0.646. The number of aliphatic imine (C=N–C) groups is 1. The number of benzene rings is 3. The maximum Gasteiger partial charge on any atom is 0.264 e. The monoisotopic (exact) mass is 358 g/mol. The minimum absolute atomic E-state index is 0.105. The molecule has 0 spiro atoms. The van der Waals surface area contributed by atoms with E-state index in [1.807, 2.05) is 42.5 Å². The molecule has 1 heterocycles. The van der Waals surface area contributed by atoms with Crippen molar-refractivity contribution in [3.8, 4) is 0 Å². The molecule has 1 aliphatic heterocycles. The molecule has 4 rings (SSSR count). The molecule has 1 amide bonds. The van der Waals surface area contributed by atoms with Crippen LogP contribution in [0.1, 0.15) is 18.1 Å². The molecule has 3 aromatic rings. The van der Waals surface area contributed by atoms with Gasteiger partial charge in [0.05, 0.1) is 10.6 Å². The fraction of sp³-hybridized carbons (Fsp3) is 0.0909. The number of aryl methyl sites for hydroxylation is 1. The van der Waals surface area contributed by atoms with Crippen LogP contribution in [-0.2, 0) is 11.2 Å². The van der Waals surface area contributed by atoms with Gasteiger partial charge in [-0.2, -0.15) is 0 Å². The van der Waals surface area contributed by atoms with Crippen LogP contribution in [0.4, 0.5) is 5.69 Å². The predicted molar refractivity (Wildman–Crippen MR) is 111 cm³/mol. The lowest BCUT2D eigenvalue weighted by atomic mass is 10.0. The Bertz CT molecular complexity index is 1030. The molecule has 1 N–H and O–H groups in total. The van der Waals surface area contributed by atoms with Crippen molar-refractivity contribution in [2.75, 3.05) is 0 Å². The van der Waals surface area contributed by atoms with Gasteiger partial charge in [-0.3, -0.25) is 4.79 Å². The lowest BCUT2D eigenvalue weighted by Gasteiger charge is -2.02. The van der Waals surface area contributed by atoms with E-state index in [-0.39, 0.29) is 5.91 Å². The number of amides is 1. The summed E-state index contributed by atoms with van der Waals surface area (Å²) in [6, 6.07) is 22.4. The van der Waals surface area contributed by atoms with E-state index in [2.05, 4.69) is 47.6 Å². The third-order valence-electron chi connectivity index (χ3n) is 4.34. The first-order chi connectivity index (χ1) is 12.7. The minimum atomic E-state index is -0.105. The Hall–Kier alpha value is -2.85. The van der Waals surface area contributed by atoms with Gasteiger partial charge in [0.1, 0.15) is 0 Å². The van der Waals surface area contributed by atoms with Crippen LogP contribution in [0.25, 0.3) is 16.8 Å². The van der Waals surface area contributed by atoms with Gasteiger partial charge in [-0.15, -0.1) is 0 Å². The average molecular weight is 358 g/mol. The van der Waals surface area contributed by atoms with Crippen LogP contribution >= 0.6 is 11.8 Å². The van der Waals surface area contributed by atoms with Gasteiger partial charge >= 0.3 is 0 Å². The minimum Gasteiger partial charge on any atom is -0.300 e. The molecule has 3 nitrogen and oxygen atoms in total. The maximum absolute atomic E-state index is 12.3. The van der Waals surface area contributed by atoms with Crippen LogP contribution in [0.2, 0.25) is 0 Å². The second-order valence-corrected chi connectivity index (χ2v) is 7.10. The topological polar surface area (TPSA) is 41.5 Å². The van der Waals surface area contributed by atoms with Crippen LogP contribution in [0.3, 0.4) is 0 Å². The molecule has 1 fully saturated rings. The zero-order valence-electron chi connectivity index (χ0n) is 14.4. The molecule has 0 unspecified atom stereocenters. The second kappa shape index (κ2) is 7.18. The molecule has 0 bridgehead atoms. The van der Waals surface area contributed by atoms with Gasteiger partial charge in [-0.1, -0.05) is 61.5 Å². The van der Waals surface area contributed by atoms with Crippen molar-refractivity contribution in [1.29, 1.82) is 0 Å². The highest BCUT2D eigenvalue weighted by molar-refractivity contribution is 8.18. The van der Waals surface area contributed by atoms with Gasteiger partial charge in [0, 0.05) is 0 Å². The number of carbonyl (C=O) groups is 1. The molecule has 3 aromatic carbocycles. The van der Waals surface area contributed by atoms with Crippen LogP contribution in [0.15, 0.2) is 76.6 Å². The summed E-state index contributed by atoms with van der Waals surface area (Å²) in [6.07, 6.45) is 2.94. The molecule has 4 heteroatoms. The van der Waals surface area contributed by atoms with Crippen LogP contribution in [-0.4, -0.2) is 11.1 Å². The van der Waals surface area contributed by atoms with E-state index in [1.54, 1.807) is 0 Å². The van der Waals surface area contributed by atoms with E-state index in [1.165, 1.54) is 17.3 Å². The molecule has 26 heavy (non-hydrogen) atoms. The second-order valence-electron chi connectivity index (χ2n) is 6.07. The molecular formula is C22H18N2OS. The predicted octanol–water partition coefficient (Wildman–Crippen LogP) is 5.29. The van der Waals surface area contributed by atoms with Crippen molar-refractivity contribution in [1.82, 2.24) is 5.32 Å². The van der Waals surface area contributed by atoms with Gasteiger partial charge < -0.3 is 5.32 Å². The third-order valence-corrected chi connectivity index (χ3v) is 5.25. The average Bonchev–Trinajstić information content (AvgIpc) is 3.01. The molecule has 1 aliphatic rings. The van der Waals surface area contributed by atoms with Crippen molar-refractivity contribution < 1.29 is 4.79 Å². The lowest BCUT2D eigenvalue weighted by molar-refractivity contribution is -0.115. The molecule has 1 saturated heterocycles. The summed E-state index contributed by atoms with van der Waals surface area (Å²) in [5.41, 5.74) is 3.15. The molecule has 0 aliphatic carbocycles. The Morgan fingerprint density at radius 3 is 2.58 bits per heavy atom. The molecule has 0 atom stereocenters. The third kappa shape index (κ3) is 3.41. The van der Waals surface area contributed by atoms with Gasteiger partial charge in [0.25, 0.3) is 5.91 Å². The summed E-state index contributed by atoms with van der Waals surface area (Å²) >= 11 is 1.38. The lowest BCUT2D eigenvalue weighted by Crippen LogP contribution is -2.19.